The Morgan fingerprint density at radius 2 is 2.00 bits per heavy atom. The number of allylic oxidation sites excluding steroid dienone is 5. The summed E-state index contributed by atoms with van der Waals surface area (Å²) in [6.45, 7) is 0. The molecular formula is C17H15Cl2NPZr. The molecule has 5 heteroatoms. The minimum atomic E-state index is -0.675. The second kappa shape index (κ2) is 7.54. The van der Waals surface area contributed by atoms with Crippen LogP contribution in [-0.2, 0) is 24.7 Å². The summed E-state index contributed by atoms with van der Waals surface area (Å²) in [5, 5.41) is 4.80. The van der Waals surface area contributed by atoms with Crippen LogP contribution >= 0.6 is 7.55 Å². The van der Waals surface area contributed by atoms with E-state index in [-0.39, 0.29) is 24.8 Å². The molecule has 0 bridgehead atoms. The molecule has 1 heterocycles. The Morgan fingerprint density at radius 1 is 1.18 bits per heavy atom. The SMILES string of the molecule is [Cl-].[Cl-].[Zr+2][C]1=C(C2C=C([PH]3=CNC=C3)c3ccccc32)C=CC1. The van der Waals surface area contributed by atoms with Gasteiger partial charge in [0, 0.05) is 0 Å². The molecule has 3 aliphatic rings. The third-order valence-corrected chi connectivity index (χ3v) is 7.40. The summed E-state index contributed by atoms with van der Waals surface area (Å²) in [6, 6.07) is 8.94. The van der Waals surface area contributed by atoms with Gasteiger partial charge in [-0.05, 0) is 0 Å². The Morgan fingerprint density at radius 3 is 2.68 bits per heavy atom. The van der Waals surface area contributed by atoms with Gasteiger partial charge in [-0.3, -0.25) is 0 Å². The molecule has 2 aliphatic carbocycles. The number of benzene rings is 1. The van der Waals surface area contributed by atoms with E-state index in [1.54, 1.807) is 38.9 Å². The molecule has 0 amide bonds. The van der Waals surface area contributed by atoms with Gasteiger partial charge in [-0.2, -0.15) is 0 Å². The molecule has 2 unspecified atom stereocenters. The zero-order chi connectivity index (χ0) is 13.5. The van der Waals surface area contributed by atoms with Crippen molar-refractivity contribution in [2.75, 3.05) is 0 Å². The summed E-state index contributed by atoms with van der Waals surface area (Å²) in [7, 11) is -0.675. The normalized spacial score (nSPS) is 24.2. The summed E-state index contributed by atoms with van der Waals surface area (Å²) in [4.78, 5) is 0. The fourth-order valence-corrected chi connectivity index (χ4v) is 5.93. The topological polar surface area (TPSA) is 12.0 Å². The van der Waals surface area contributed by atoms with Gasteiger partial charge in [-0.15, -0.1) is 0 Å². The van der Waals surface area contributed by atoms with E-state index in [1.807, 2.05) is 0 Å². The number of hydrogen-bond donors (Lipinski definition) is 1. The molecule has 4 rings (SSSR count). The quantitative estimate of drug-likeness (QED) is 0.537. The molecule has 0 saturated heterocycles. The average molecular weight is 426 g/mol. The average Bonchev–Trinajstić information content (AvgIpc) is 3.17. The van der Waals surface area contributed by atoms with Crippen LogP contribution < -0.4 is 30.1 Å². The van der Waals surface area contributed by atoms with Crippen LogP contribution in [-0.4, -0.2) is 5.92 Å². The van der Waals surface area contributed by atoms with Crippen molar-refractivity contribution in [3.05, 3.63) is 74.5 Å². The van der Waals surface area contributed by atoms with Crippen LogP contribution in [0.2, 0.25) is 0 Å². The maximum absolute atomic E-state index is 3.25. The molecule has 0 fully saturated rings. The molecule has 1 aliphatic heterocycles. The number of hydrogen-bond acceptors (Lipinski definition) is 1. The molecule has 2 atom stereocenters. The van der Waals surface area contributed by atoms with Crippen molar-refractivity contribution in [2.24, 2.45) is 0 Å². The Kier molecular flexibility index (Phi) is 6.20. The van der Waals surface area contributed by atoms with Crippen LogP contribution in [0.1, 0.15) is 23.5 Å². The molecule has 1 aromatic carbocycles. The van der Waals surface area contributed by atoms with Gasteiger partial charge in [-0.1, -0.05) is 0 Å². The molecule has 22 heavy (non-hydrogen) atoms. The van der Waals surface area contributed by atoms with Crippen molar-refractivity contribution in [1.82, 2.24) is 5.32 Å². The summed E-state index contributed by atoms with van der Waals surface area (Å²) >= 11 is 1.56. The second-order valence-corrected chi connectivity index (χ2v) is 8.84. The van der Waals surface area contributed by atoms with Crippen molar-refractivity contribution in [3.8, 4) is 0 Å². The Bertz CT molecular complexity index is 747. The van der Waals surface area contributed by atoms with Crippen LogP contribution in [0.3, 0.4) is 0 Å². The first-order valence-electron chi connectivity index (χ1n) is 6.90. The van der Waals surface area contributed by atoms with Crippen LogP contribution in [0, 0.1) is 0 Å². The van der Waals surface area contributed by atoms with Gasteiger partial charge in [0.25, 0.3) is 0 Å². The minimum absolute atomic E-state index is 0. The third kappa shape index (κ3) is 3.04. The first-order chi connectivity index (χ1) is 9.84. The van der Waals surface area contributed by atoms with Gasteiger partial charge in [-0.25, -0.2) is 0 Å². The predicted octanol–water partition coefficient (Wildman–Crippen LogP) is -2.06. The van der Waals surface area contributed by atoms with Crippen LogP contribution in [0.4, 0.5) is 0 Å². The molecule has 0 radical (unpaired) electrons. The molecule has 111 valence electrons. The van der Waals surface area contributed by atoms with Gasteiger partial charge in [0.05, 0.1) is 0 Å². The summed E-state index contributed by atoms with van der Waals surface area (Å²) < 4.78 is 1.61. The van der Waals surface area contributed by atoms with Crippen molar-refractivity contribution in [1.29, 1.82) is 0 Å². The molecule has 1 N–H and O–H groups in total. The van der Waals surface area contributed by atoms with Crippen LogP contribution in [0.5, 0.6) is 0 Å². The van der Waals surface area contributed by atoms with Gasteiger partial charge in [0.1, 0.15) is 0 Å². The second-order valence-electron chi connectivity index (χ2n) is 5.29. The first kappa shape index (κ1) is 18.1. The molecule has 0 spiro atoms. The maximum atomic E-state index is 3.25. The molecule has 0 aromatic heterocycles. The monoisotopic (exact) mass is 424 g/mol. The van der Waals surface area contributed by atoms with Crippen molar-refractivity contribution < 1.29 is 49.5 Å². The van der Waals surface area contributed by atoms with Crippen molar-refractivity contribution >= 4 is 18.8 Å². The van der Waals surface area contributed by atoms with Crippen molar-refractivity contribution in [2.45, 2.75) is 12.3 Å². The zero-order valence-electron chi connectivity index (χ0n) is 11.8. The Labute approximate surface area is 159 Å². The third-order valence-electron chi connectivity index (χ3n) is 4.13. The molecular weight excluding hydrogens is 411 g/mol. The van der Waals surface area contributed by atoms with Gasteiger partial charge < -0.3 is 24.8 Å². The summed E-state index contributed by atoms with van der Waals surface area (Å²) in [5.41, 5.74) is 4.51. The van der Waals surface area contributed by atoms with E-state index in [4.69, 9.17) is 0 Å². The van der Waals surface area contributed by atoms with E-state index >= 15 is 0 Å². The Balaban J connectivity index is 0.000000882. The number of nitrogens with one attached hydrogen (secondary N) is 1. The van der Waals surface area contributed by atoms with Crippen molar-refractivity contribution in [3.63, 3.8) is 0 Å². The molecule has 0 saturated carbocycles. The van der Waals surface area contributed by atoms with E-state index < -0.39 is 7.55 Å². The summed E-state index contributed by atoms with van der Waals surface area (Å²) in [6.07, 6.45) is 10.4. The zero-order valence-corrected chi connectivity index (χ0v) is 16.8. The van der Waals surface area contributed by atoms with E-state index in [9.17, 15) is 0 Å². The number of rotatable bonds is 2. The van der Waals surface area contributed by atoms with Gasteiger partial charge in [0.2, 0.25) is 0 Å². The standard InChI is InChI=1S/C17H15NP.2ClH.Zr/c1-2-6-13(5-1)16-11-17(19-10-9-18-12-19)15-8-4-3-7-14(15)16;;;/h1,3-5,7-12,16,18-19H,2H2;2*1H;/q;;;+2/p-2. The Hall–Kier alpha value is -0.257. The fourth-order valence-electron chi connectivity index (χ4n) is 3.17. The number of halogens is 2. The van der Waals surface area contributed by atoms with E-state index in [1.165, 1.54) is 11.1 Å². The van der Waals surface area contributed by atoms with Gasteiger partial charge in [0.15, 0.2) is 0 Å². The van der Waals surface area contributed by atoms with Crippen LogP contribution in [0.25, 0.3) is 5.31 Å². The first-order valence-corrected chi connectivity index (χ1v) is 9.78. The number of fused-ring (bicyclic) bond motifs is 1. The summed E-state index contributed by atoms with van der Waals surface area (Å²) in [5.74, 6) is 5.09. The van der Waals surface area contributed by atoms with Gasteiger partial charge >= 0.3 is 136 Å². The fraction of sp³-hybridized carbons (Fsp3) is 0.118. The molecule has 1 aromatic rings. The molecule has 1 nitrogen and oxygen atoms in total. The van der Waals surface area contributed by atoms with Crippen LogP contribution in [0.15, 0.2) is 63.4 Å². The van der Waals surface area contributed by atoms with E-state index in [0.29, 0.717) is 5.92 Å². The predicted molar refractivity (Wildman–Crippen MR) is 84.6 cm³/mol. The van der Waals surface area contributed by atoms with E-state index in [0.717, 1.165) is 6.42 Å². The van der Waals surface area contributed by atoms with E-state index in [2.05, 4.69) is 65.7 Å².